The van der Waals surface area contributed by atoms with Crippen molar-refractivity contribution in [3.63, 3.8) is 0 Å². The summed E-state index contributed by atoms with van der Waals surface area (Å²) in [7, 11) is 0. The molecule has 2 heteroatoms. The maximum atomic E-state index is 13.4. The lowest BCUT2D eigenvalue weighted by Crippen LogP contribution is -2.51. The number of hydrogen-bond donors (Lipinski definition) is 1. The van der Waals surface area contributed by atoms with Crippen LogP contribution >= 0.6 is 0 Å². The van der Waals surface area contributed by atoms with Gasteiger partial charge in [0.2, 0.25) is 0 Å². The SMILES string of the molecule is CC(C)NCC1(c2cccc(F)c2)CCC1C. The first-order chi connectivity index (χ1) is 8.04. The van der Waals surface area contributed by atoms with Crippen LogP contribution in [0.2, 0.25) is 0 Å². The van der Waals surface area contributed by atoms with E-state index in [4.69, 9.17) is 0 Å². The summed E-state index contributed by atoms with van der Waals surface area (Å²) in [5.41, 5.74) is 1.30. The molecule has 0 radical (unpaired) electrons. The second-order valence-electron chi connectivity index (χ2n) is 5.64. The normalized spacial score (nSPS) is 28.2. The van der Waals surface area contributed by atoms with E-state index in [0.717, 1.165) is 18.5 Å². The lowest BCUT2D eigenvalue weighted by atomic mass is 9.57. The molecular formula is C15H22FN. The zero-order chi connectivity index (χ0) is 12.5. The molecule has 94 valence electrons. The van der Waals surface area contributed by atoms with Crippen LogP contribution in [0, 0.1) is 11.7 Å². The fourth-order valence-corrected chi connectivity index (χ4v) is 2.76. The van der Waals surface area contributed by atoms with Gasteiger partial charge in [-0.1, -0.05) is 32.9 Å². The van der Waals surface area contributed by atoms with Gasteiger partial charge in [0.25, 0.3) is 0 Å². The number of benzene rings is 1. The lowest BCUT2D eigenvalue weighted by Gasteiger charge is -2.49. The quantitative estimate of drug-likeness (QED) is 0.842. The predicted molar refractivity (Wildman–Crippen MR) is 69.6 cm³/mol. The molecule has 1 N–H and O–H groups in total. The van der Waals surface area contributed by atoms with Crippen molar-refractivity contribution in [3.05, 3.63) is 35.6 Å². The maximum absolute atomic E-state index is 13.4. The molecule has 1 aromatic carbocycles. The predicted octanol–water partition coefficient (Wildman–Crippen LogP) is 3.49. The second kappa shape index (κ2) is 4.77. The Morgan fingerprint density at radius 3 is 2.71 bits per heavy atom. The molecule has 0 aliphatic heterocycles. The van der Waals surface area contributed by atoms with Gasteiger partial charge in [0.05, 0.1) is 0 Å². The Labute approximate surface area is 103 Å². The summed E-state index contributed by atoms with van der Waals surface area (Å²) in [5.74, 6) is 0.515. The van der Waals surface area contributed by atoms with E-state index < -0.39 is 0 Å². The minimum atomic E-state index is -0.120. The van der Waals surface area contributed by atoms with Gasteiger partial charge in [0.1, 0.15) is 5.82 Å². The highest BCUT2D eigenvalue weighted by Crippen LogP contribution is 2.48. The van der Waals surface area contributed by atoms with Gasteiger partial charge < -0.3 is 5.32 Å². The molecule has 1 nitrogen and oxygen atoms in total. The summed E-state index contributed by atoms with van der Waals surface area (Å²) >= 11 is 0. The summed E-state index contributed by atoms with van der Waals surface area (Å²) in [6.45, 7) is 7.54. The number of hydrogen-bond acceptors (Lipinski definition) is 1. The molecule has 1 fully saturated rings. The van der Waals surface area contributed by atoms with Crippen molar-refractivity contribution in [2.45, 2.75) is 45.1 Å². The van der Waals surface area contributed by atoms with Gasteiger partial charge in [0, 0.05) is 18.0 Å². The molecule has 0 amide bonds. The second-order valence-corrected chi connectivity index (χ2v) is 5.64. The summed E-state index contributed by atoms with van der Waals surface area (Å²) < 4.78 is 13.4. The van der Waals surface area contributed by atoms with Crippen molar-refractivity contribution in [3.8, 4) is 0 Å². The molecule has 1 aliphatic carbocycles. The smallest absolute Gasteiger partial charge is 0.123 e. The summed E-state index contributed by atoms with van der Waals surface area (Å²) in [6.07, 6.45) is 2.41. The van der Waals surface area contributed by atoms with Crippen LogP contribution in [0.15, 0.2) is 24.3 Å². The highest BCUT2D eigenvalue weighted by atomic mass is 19.1. The van der Waals surface area contributed by atoms with Gasteiger partial charge in [-0.3, -0.25) is 0 Å². The zero-order valence-electron chi connectivity index (χ0n) is 11.0. The summed E-state index contributed by atoms with van der Waals surface area (Å²) in [5, 5.41) is 3.51. The van der Waals surface area contributed by atoms with Crippen LogP contribution in [0.4, 0.5) is 4.39 Å². The van der Waals surface area contributed by atoms with Crippen molar-refractivity contribution in [2.75, 3.05) is 6.54 Å². The van der Waals surface area contributed by atoms with E-state index in [0.29, 0.717) is 12.0 Å². The standard InChI is InChI=1S/C15H22FN/c1-11(2)17-10-15(8-7-12(15)3)13-5-4-6-14(16)9-13/h4-6,9,11-12,17H,7-8,10H2,1-3H3. The first kappa shape index (κ1) is 12.6. The Kier molecular flexibility index (Phi) is 3.53. The molecular weight excluding hydrogens is 213 g/mol. The maximum Gasteiger partial charge on any atom is 0.123 e. The molecule has 0 saturated heterocycles. The fraction of sp³-hybridized carbons (Fsp3) is 0.600. The average Bonchev–Trinajstić information content (AvgIpc) is 2.27. The van der Waals surface area contributed by atoms with Crippen LogP contribution in [0.5, 0.6) is 0 Å². The molecule has 1 aromatic rings. The third-order valence-electron chi connectivity index (χ3n) is 4.19. The van der Waals surface area contributed by atoms with Crippen LogP contribution in [0.3, 0.4) is 0 Å². The van der Waals surface area contributed by atoms with E-state index in [2.05, 4.69) is 32.2 Å². The van der Waals surface area contributed by atoms with E-state index in [1.165, 1.54) is 12.5 Å². The first-order valence-electron chi connectivity index (χ1n) is 6.54. The Hall–Kier alpha value is -0.890. The fourth-order valence-electron chi connectivity index (χ4n) is 2.76. The number of halogens is 1. The molecule has 2 rings (SSSR count). The summed E-state index contributed by atoms with van der Waals surface area (Å²) in [4.78, 5) is 0. The minimum Gasteiger partial charge on any atom is -0.314 e. The molecule has 1 aliphatic rings. The number of rotatable bonds is 4. The largest absolute Gasteiger partial charge is 0.314 e. The van der Waals surface area contributed by atoms with E-state index in [-0.39, 0.29) is 11.2 Å². The monoisotopic (exact) mass is 235 g/mol. The van der Waals surface area contributed by atoms with Gasteiger partial charge >= 0.3 is 0 Å². The van der Waals surface area contributed by atoms with Crippen molar-refractivity contribution < 1.29 is 4.39 Å². The minimum absolute atomic E-state index is 0.120. The van der Waals surface area contributed by atoms with Gasteiger partial charge in [0.15, 0.2) is 0 Å². The van der Waals surface area contributed by atoms with Gasteiger partial charge in [-0.2, -0.15) is 0 Å². The van der Waals surface area contributed by atoms with Gasteiger partial charge in [-0.25, -0.2) is 4.39 Å². The van der Waals surface area contributed by atoms with Crippen LogP contribution in [0.1, 0.15) is 39.2 Å². The molecule has 1 saturated carbocycles. The lowest BCUT2D eigenvalue weighted by molar-refractivity contribution is 0.131. The third kappa shape index (κ3) is 2.37. The van der Waals surface area contributed by atoms with Crippen LogP contribution in [0.25, 0.3) is 0 Å². The van der Waals surface area contributed by atoms with Gasteiger partial charge in [-0.05, 0) is 36.5 Å². The first-order valence-corrected chi connectivity index (χ1v) is 6.54. The van der Waals surface area contributed by atoms with E-state index in [9.17, 15) is 4.39 Å². The molecule has 0 heterocycles. The topological polar surface area (TPSA) is 12.0 Å². The van der Waals surface area contributed by atoms with Crippen molar-refractivity contribution in [1.29, 1.82) is 0 Å². The van der Waals surface area contributed by atoms with E-state index in [1.54, 1.807) is 6.07 Å². The zero-order valence-corrected chi connectivity index (χ0v) is 11.0. The van der Waals surface area contributed by atoms with Crippen molar-refractivity contribution in [1.82, 2.24) is 5.32 Å². The van der Waals surface area contributed by atoms with Crippen LogP contribution in [-0.2, 0) is 5.41 Å². The molecule has 2 unspecified atom stereocenters. The summed E-state index contributed by atoms with van der Waals surface area (Å²) in [6, 6.07) is 7.61. The molecule has 17 heavy (non-hydrogen) atoms. The van der Waals surface area contributed by atoms with Crippen LogP contribution < -0.4 is 5.32 Å². The molecule has 0 bridgehead atoms. The van der Waals surface area contributed by atoms with E-state index in [1.807, 2.05) is 6.07 Å². The Morgan fingerprint density at radius 2 is 2.24 bits per heavy atom. The Balaban J connectivity index is 2.22. The average molecular weight is 235 g/mol. The molecule has 2 atom stereocenters. The van der Waals surface area contributed by atoms with Crippen molar-refractivity contribution >= 4 is 0 Å². The Bertz CT molecular complexity index is 388. The van der Waals surface area contributed by atoms with Crippen molar-refractivity contribution in [2.24, 2.45) is 5.92 Å². The number of nitrogens with one attached hydrogen (secondary N) is 1. The van der Waals surface area contributed by atoms with E-state index >= 15 is 0 Å². The third-order valence-corrected chi connectivity index (χ3v) is 4.19. The highest BCUT2D eigenvalue weighted by Gasteiger charge is 2.45. The molecule has 0 aromatic heterocycles. The molecule has 0 spiro atoms. The highest BCUT2D eigenvalue weighted by molar-refractivity contribution is 5.30. The van der Waals surface area contributed by atoms with Crippen LogP contribution in [-0.4, -0.2) is 12.6 Å². The Morgan fingerprint density at radius 1 is 1.47 bits per heavy atom. The van der Waals surface area contributed by atoms with Gasteiger partial charge in [-0.15, -0.1) is 0 Å².